The van der Waals surface area contributed by atoms with Crippen LogP contribution in [0.3, 0.4) is 0 Å². The number of hydrogen-bond donors (Lipinski definition) is 0. The third kappa shape index (κ3) is 2.05. The second-order valence-electron chi connectivity index (χ2n) is 4.17. The van der Waals surface area contributed by atoms with Crippen LogP contribution in [-0.4, -0.2) is 5.38 Å². The number of rotatable bonds is 1. The highest BCUT2D eigenvalue weighted by Crippen LogP contribution is 2.38. The van der Waals surface area contributed by atoms with Crippen molar-refractivity contribution in [3.63, 3.8) is 0 Å². The Morgan fingerprint density at radius 1 is 1.00 bits per heavy atom. The van der Waals surface area contributed by atoms with Gasteiger partial charge in [0.05, 0.1) is 0 Å². The maximum Gasteiger partial charge on any atom is 0.194 e. The van der Waals surface area contributed by atoms with Crippen LogP contribution in [0, 0.1) is 17.5 Å². The molecular weight excluding hydrogens is 237 g/mol. The van der Waals surface area contributed by atoms with E-state index in [0.717, 1.165) is 31.7 Å². The lowest BCUT2D eigenvalue weighted by Crippen LogP contribution is -2.19. The summed E-state index contributed by atoms with van der Waals surface area (Å²) in [5.74, 6) is -3.84. The van der Waals surface area contributed by atoms with E-state index in [9.17, 15) is 13.2 Å². The quantitative estimate of drug-likeness (QED) is 0.511. The number of benzene rings is 1. The van der Waals surface area contributed by atoms with E-state index in [0.29, 0.717) is 0 Å². The predicted octanol–water partition coefficient (Wildman–Crippen LogP) is 4.37. The number of hydrogen-bond acceptors (Lipinski definition) is 0. The molecule has 0 heterocycles. The first-order chi connectivity index (χ1) is 7.61. The minimum Gasteiger partial charge on any atom is -0.204 e. The van der Waals surface area contributed by atoms with Gasteiger partial charge in [-0.2, -0.15) is 0 Å². The van der Waals surface area contributed by atoms with Gasteiger partial charge >= 0.3 is 0 Å². The summed E-state index contributed by atoms with van der Waals surface area (Å²) in [5.41, 5.74) is 0.207. The third-order valence-electron chi connectivity index (χ3n) is 3.15. The van der Waals surface area contributed by atoms with Crippen LogP contribution in [0.2, 0.25) is 0 Å². The van der Waals surface area contributed by atoms with Gasteiger partial charge in [-0.25, -0.2) is 13.2 Å². The lowest BCUT2D eigenvalue weighted by atomic mass is 9.83. The van der Waals surface area contributed by atoms with Crippen LogP contribution in [0.5, 0.6) is 0 Å². The SMILES string of the molecule is Fc1ccc(C2CCCCC2Cl)c(F)c1F. The lowest BCUT2D eigenvalue weighted by Gasteiger charge is -2.27. The molecule has 1 aliphatic rings. The fraction of sp³-hybridized carbons (Fsp3) is 0.500. The van der Waals surface area contributed by atoms with Crippen molar-refractivity contribution in [2.45, 2.75) is 37.0 Å². The van der Waals surface area contributed by atoms with Crippen LogP contribution in [0.1, 0.15) is 37.2 Å². The molecule has 0 aromatic heterocycles. The molecule has 0 N–H and O–H groups in total. The first kappa shape index (κ1) is 11.8. The molecule has 0 aliphatic heterocycles. The standard InChI is InChI=1S/C12H12ClF3/c13-9-4-2-1-3-7(9)8-5-6-10(14)12(16)11(8)15/h5-7,9H,1-4H2. The first-order valence-corrected chi connectivity index (χ1v) is 5.82. The molecule has 1 fully saturated rings. The Morgan fingerprint density at radius 3 is 2.38 bits per heavy atom. The summed E-state index contributed by atoms with van der Waals surface area (Å²) < 4.78 is 39.4. The lowest BCUT2D eigenvalue weighted by molar-refractivity contribution is 0.405. The van der Waals surface area contributed by atoms with Crippen molar-refractivity contribution in [2.24, 2.45) is 0 Å². The highest BCUT2D eigenvalue weighted by Gasteiger charge is 2.28. The summed E-state index contributed by atoms with van der Waals surface area (Å²) in [7, 11) is 0. The average Bonchev–Trinajstić information content (AvgIpc) is 2.28. The molecule has 1 aliphatic carbocycles. The Bertz CT molecular complexity index is 392. The maximum absolute atomic E-state index is 13.5. The van der Waals surface area contributed by atoms with Crippen molar-refractivity contribution < 1.29 is 13.2 Å². The molecule has 0 nitrogen and oxygen atoms in total. The predicted molar refractivity (Wildman–Crippen MR) is 57.2 cm³/mol. The van der Waals surface area contributed by atoms with Gasteiger partial charge < -0.3 is 0 Å². The topological polar surface area (TPSA) is 0 Å². The molecule has 0 amide bonds. The van der Waals surface area contributed by atoms with Gasteiger partial charge in [-0.3, -0.25) is 0 Å². The van der Waals surface area contributed by atoms with E-state index in [1.54, 1.807) is 0 Å². The molecule has 0 saturated heterocycles. The van der Waals surface area contributed by atoms with Crippen LogP contribution in [0.25, 0.3) is 0 Å². The average molecular weight is 249 g/mol. The van der Waals surface area contributed by atoms with Crippen molar-refractivity contribution in [3.05, 3.63) is 35.1 Å². The molecular formula is C12H12ClF3. The maximum atomic E-state index is 13.5. The highest BCUT2D eigenvalue weighted by molar-refractivity contribution is 6.21. The van der Waals surface area contributed by atoms with Gasteiger partial charge in [0, 0.05) is 11.3 Å². The molecule has 1 aromatic rings. The largest absolute Gasteiger partial charge is 0.204 e. The molecule has 2 unspecified atom stereocenters. The van der Waals surface area contributed by atoms with Crippen LogP contribution in [0.15, 0.2) is 12.1 Å². The third-order valence-corrected chi connectivity index (χ3v) is 3.67. The van der Waals surface area contributed by atoms with E-state index < -0.39 is 17.5 Å². The molecule has 2 rings (SSSR count). The van der Waals surface area contributed by atoms with Crippen LogP contribution < -0.4 is 0 Å². The molecule has 0 bridgehead atoms. The first-order valence-electron chi connectivity index (χ1n) is 5.38. The van der Waals surface area contributed by atoms with Crippen LogP contribution in [-0.2, 0) is 0 Å². The smallest absolute Gasteiger partial charge is 0.194 e. The van der Waals surface area contributed by atoms with E-state index in [4.69, 9.17) is 11.6 Å². The normalized spacial score (nSPS) is 25.8. The van der Waals surface area contributed by atoms with E-state index in [1.165, 1.54) is 6.07 Å². The Morgan fingerprint density at radius 2 is 1.69 bits per heavy atom. The van der Waals surface area contributed by atoms with Crippen molar-refractivity contribution in [1.29, 1.82) is 0 Å². The fourth-order valence-electron chi connectivity index (χ4n) is 2.26. The second-order valence-corrected chi connectivity index (χ2v) is 4.73. The van der Waals surface area contributed by atoms with Gasteiger partial charge in [0.1, 0.15) is 0 Å². The monoisotopic (exact) mass is 248 g/mol. The highest BCUT2D eigenvalue weighted by atomic mass is 35.5. The zero-order valence-corrected chi connectivity index (χ0v) is 9.41. The Balaban J connectivity index is 2.36. The molecule has 16 heavy (non-hydrogen) atoms. The van der Waals surface area contributed by atoms with Gasteiger partial charge in [-0.1, -0.05) is 18.9 Å². The minimum absolute atomic E-state index is 0.187. The summed E-state index contributed by atoms with van der Waals surface area (Å²) in [4.78, 5) is 0. The van der Waals surface area contributed by atoms with E-state index in [-0.39, 0.29) is 16.9 Å². The minimum atomic E-state index is -1.40. The van der Waals surface area contributed by atoms with E-state index in [1.807, 2.05) is 0 Å². The molecule has 4 heteroatoms. The molecule has 1 aromatic carbocycles. The fourth-order valence-corrected chi connectivity index (χ4v) is 2.68. The Labute approximate surface area is 97.4 Å². The Hall–Kier alpha value is -0.700. The van der Waals surface area contributed by atoms with E-state index >= 15 is 0 Å². The van der Waals surface area contributed by atoms with E-state index in [2.05, 4.69) is 0 Å². The van der Waals surface area contributed by atoms with Gasteiger partial charge in [-0.15, -0.1) is 11.6 Å². The van der Waals surface area contributed by atoms with Gasteiger partial charge in [0.2, 0.25) is 0 Å². The molecule has 88 valence electrons. The molecule has 1 saturated carbocycles. The zero-order valence-electron chi connectivity index (χ0n) is 8.65. The number of alkyl halides is 1. The second kappa shape index (κ2) is 4.66. The van der Waals surface area contributed by atoms with Crippen molar-refractivity contribution >= 4 is 11.6 Å². The molecule has 0 radical (unpaired) electrons. The van der Waals surface area contributed by atoms with Crippen molar-refractivity contribution in [1.82, 2.24) is 0 Å². The summed E-state index contributed by atoms with van der Waals surface area (Å²) in [6, 6.07) is 2.27. The van der Waals surface area contributed by atoms with Gasteiger partial charge in [0.15, 0.2) is 17.5 Å². The summed E-state index contributed by atoms with van der Waals surface area (Å²) in [6.07, 6.45) is 3.49. The number of halogens is 4. The summed E-state index contributed by atoms with van der Waals surface area (Å²) >= 11 is 6.10. The molecule has 0 spiro atoms. The van der Waals surface area contributed by atoms with Crippen LogP contribution in [0.4, 0.5) is 13.2 Å². The Kier molecular flexibility index (Phi) is 3.43. The zero-order chi connectivity index (χ0) is 11.7. The van der Waals surface area contributed by atoms with Crippen molar-refractivity contribution in [2.75, 3.05) is 0 Å². The van der Waals surface area contributed by atoms with Crippen molar-refractivity contribution in [3.8, 4) is 0 Å². The summed E-state index contributed by atoms with van der Waals surface area (Å²) in [5, 5.41) is -0.187. The van der Waals surface area contributed by atoms with Gasteiger partial charge in [0.25, 0.3) is 0 Å². The molecule has 2 atom stereocenters. The van der Waals surface area contributed by atoms with Gasteiger partial charge in [-0.05, 0) is 24.5 Å². The summed E-state index contributed by atoms with van der Waals surface area (Å²) in [6.45, 7) is 0. The van der Waals surface area contributed by atoms with Crippen LogP contribution >= 0.6 is 11.6 Å².